The van der Waals surface area contributed by atoms with Gasteiger partial charge >= 0.3 is 0 Å². The first-order chi connectivity index (χ1) is 11.2. The Hall–Kier alpha value is -2.42. The van der Waals surface area contributed by atoms with Gasteiger partial charge in [0.2, 0.25) is 5.76 Å². The summed E-state index contributed by atoms with van der Waals surface area (Å²) < 4.78 is 17.4. The van der Waals surface area contributed by atoms with E-state index < -0.39 is 0 Å². The topological polar surface area (TPSA) is 95.5 Å². The highest BCUT2D eigenvalue weighted by Crippen LogP contribution is 2.26. The van der Waals surface area contributed by atoms with Crippen molar-refractivity contribution in [3.8, 4) is 5.88 Å². The summed E-state index contributed by atoms with van der Waals surface area (Å²) in [6, 6.07) is 1.27. The lowest BCUT2D eigenvalue weighted by Gasteiger charge is -2.32. The molecule has 9 nitrogen and oxygen atoms in total. The number of rotatable bonds is 5. The molecule has 0 unspecified atom stereocenters. The number of carbonyl (C=O) groups is 1. The lowest BCUT2D eigenvalue weighted by molar-refractivity contribution is 0.0587. The molecule has 0 N–H and O–H groups in total. The number of nitrogens with zero attached hydrogens (tertiary/aromatic N) is 5. The molecule has 124 valence electrons. The van der Waals surface area contributed by atoms with Crippen molar-refractivity contribution in [1.82, 2.24) is 24.8 Å². The van der Waals surface area contributed by atoms with Crippen LogP contribution in [0.1, 0.15) is 42.1 Å². The highest BCUT2D eigenvalue weighted by molar-refractivity contribution is 5.92. The van der Waals surface area contributed by atoms with Crippen LogP contribution >= 0.6 is 0 Å². The summed E-state index contributed by atoms with van der Waals surface area (Å²) in [5.74, 6) is 1.71. The van der Waals surface area contributed by atoms with Crippen molar-refractivity contribution in [3.05, 3.63) is 23.5 Å². The van der Waals surface area contributed by atoms with Crippen molar-refractivity contribution in [2.75, 3.05) is 20.3 Å². The number of hydrogen-bond acceptors (Lipinski definition) is 7. The molecule has 3 heterocycles. The van der Waals surface area contributed by atoms with Gasteiger partial charge in [0.15, 0.2) is 11.6 Å². The van der Waals surface area contributed by atoms with Crippen LogP contribution in [0.3, 0.4) is 0 Å². The highest BCUT2D eigenvalue weighted by Gasteiger charge is 2.33. The second kappa shape index (κ2) is 6.37. The first-order valence-electron chi connectivity index (χ1n) is 7.47. The molecule has 23 heavy (non-hydrogen) atoms. The molecule has 2 aromatic rings. The van der Waals surface area contributed by atoms with E-state index in [0.29, 0.717) is 26.3 Å². The normalized spacial score (nSPS) is 17.2. The maximum Gasteiger partial charge on any atom is 0.293 e. The molecule has 0 aliphatic carbocycles. The Labute approximate surface area is 133 Å². The van der Waals surface area contributed by atoms with Crippen molar-refractivity contribution in [1.29, 1.82) is 0 Å². The number of hydrogen-bond donors (Lipinski definition) is 0. The molecule has 0 saturated carbocycles. The van der Waals surface area contributed by atoms with Gasteiger partial charge in [-0.25, -0.2) is 0 Å². The van der Waals surface area contributed by atoms with Gasteiger partial charge in [-0.15, -0.1) is 10.2 Å². The molecule has 0 bridgehead atoms. The maximum atomic E-state index is 12.6. The van der Waals surface area contributed by atoms with Crippen molar-refractivity contribution in [2.24, 2.45) is 0 Å². The van der Waals surface area contributed by atoms with Crippen LogP contribution in [0.25, 0.3) is 0 Å². The summed E-state index contributed by atoms with van der Waals surface area (Å²) >= 11 is 0. The van der Waals surface area contributed by atoms with Crippen LogP contribution in [0.15, 0.2) is 10.6 Å². The zero-order valence-electron chi connectivity index (χ0n) is 13.4. The van der Waals surface area contributed by atoms with Gasteiger partial charge in [-0.1, -0.05) is 0 Å². The highest BCUT2D eigenvalue weighted by atomic mass is 16.5. The molecule has 9 heteroatoms. The summed E-state index contributed by atoms with van der Waals surface area (Å²) in [5.41, 5.74) is 0. The minimum Gasteiger partial charge on any atom is -0.479 e. The Morgan fingerprint density at radius 2 is 2.26 bits per heavy atom. The van der Waals surface area contributed by atoms with E-state index in [2.05, 4.69) is 15.4 Å². The van der Waals surface area contributed by atoms with Crippen LogP contribution in [0.5, 0.6) is 5.88 Å². The van der Waals surface area contributed by atoms with Crippen molar-refractivity contribution in [2.45, 2.75) is 33.0 Å². The fourth-order valence-corrected chi connectivity index (χ4v) is 2.62. The molecule has 2 aromatic heterocycles. The third kappa shape index (κ3) is 2.79. The molecule has 1 amide bonds. The van der Waals surface area contributed by atoms with Crippen molar-refractivity contribution < 1.29 is 18.8 Å². The number of fused-ring (bicyclic) bond motifs is 1. The van der Waals surface area contributed by atoms with Crippen LogP contribution in [0.4, 0.5) is 0 Å². The van der Waals surface area contributed by atoms with Gasteiger partial charge in [-0.05, 0) is 19.0 Å². The Bertz CT molecular complexity index is 695. The molecule has 0 saturated heterocycles. The number of carbonyl (C=O) groups excluding carboxylic acids is 1. The third-order valence-electron chi connectivity index (χ3n) is 3.87. The molecule has 1 aliphatic heterocycles. The molecule has 0 fully saturated rings. The molecular weight excluding hydrogens is 302 g/mol. The van der Waals surface area contributed by atoms with Gasteiger partial charge in [0.05, 0.1) is 19.2 Å². The zero-order chi connectivity index (χ0) is 16.4. The van der Waals surface area contributed by atoms with E-state index in [0.717, 1.165) is 11.6 Å². The van der Waals surface area contributed by atoms with E-state index in [1.54, 1.807) is 4.90 Å². The minimum atomic E-state index is -0.242. The lowest BCUT2D eigenvalue weighted by atomic mass is 10.2. The second-order valence-corrected chi connectivity index (χ2v) is 5.17. The summed E-state index contributed by atoms with van der Waals surface area (Å²) in [6.45, 7) is 6.04. The van der Waals surface area contributed by atoms with E-state index in [4.69, 9.17) is 14.0 Å². The summed E-state index contributed by atoms with van der Waals surface area (Å²) in [6.07, 6.45) is 0. The monoisotopic (exact) mass is 321 g/mol. The zero-order valence-corrected chi connectivity index (χ0v) is 13.4. The molecule has 1 aliphatic rings. The van der Waals surface area contributed by atoms with Gasteiger partial charge < -0.3 is 23.5 Å². The van der Waals surface area contributed by atoms with Crippen molar-refractivity contribution >= 4 is 5.91 Å². The number of amides is 1. The van der Waals surface area contributed by atoms with E-state index in [1.165, 1.54) is 13.2 Å². The predicted octanol–water partition coefficient (Wildman–Crippen LogP) is 1.03. The molecular formula is C14H19N5O4. The molecule has 0 aromatic carbocycles. The average Bonchev–Trinajstić information content (AvgIpc) is 3.20. The average molecular weight is 321 g/mol. The van der Waals surface area contributed by atoms with E-state index in [9.17, 15) is 4.79 Å². The largest absolute Gasteiger partial charge is 0.479 e. The van der Waals surface area contributed by atoms with Gasteiger partial charge in [0.1, 0.15) is 6.61 Å². The van der Waals surface area contributed by atoms with Gasteiger partial charge in [0, 0.05) is 19.7 Å². The van der Waals surface area contributed by atoms with E-state index >= 15 is 0 Å². The fourth-order valence-electron chi connectivity index (χ4n) is 2.62. The second-order valence-electron chi connectivity index (χ2n) is 5.17. The number of ether oxygens (including phenoxy) is 2. The van der Waals surface area contributed by atoms with Crippen molar-refractivity contribution in [3.63, 3.8) is 0 Å². The van der Waals surface area contributed by atoms with Crippen LogP contribution in [-0.2, 0) is 17.9 Å². The van der Waals surface area contributed by atoms with E-state index in [1.807, 2.05) is 18.4 Å². The predicted molar refractivity (Wildman–Crippen MR) is 77.9 cm³/mol. The van der Waals surface area contributed by atoms with E-state index in [-0.39, 0.29) is 23.6 Å². The van der Waals surface area contributed by atoms with Gasteiger partial charge in [0.25, 0.3) is 11.8 Å². The summed E-state index contributed by atoms with van der Waals surface area (Å²) in [5, 5.41) is 12.0. The standard InChI is InChI=1S/C14H19N5O4/c1-4-22-8-11-15-16-13-9(2)18(5-6-19(11)13)14(20)10-7-12(21-3)17-23-10/h7,9H,4-6,8H2,1-3H3/t9-/m0/s1. The first-order valence-corrected chi connectivity index (χ1v) is 7.47. The number of aromatic nitrogens is 4. The first kappa shape index (κ1) is 15.5. The third-order valence-corrected chi connectivity index (χ3v) is 3.87. The molecule has 1 atom stereocenters. The van der Waals surface area contributed by atoms with Gasteiger partial charge in [-0.2, -0.15) is 0 Å². The molecule has 0 radical (unpaired) electrons. The van der Waals surface area contributed by atoms with Crippen LogP contribution in [-0.4, -0.2) is 51.0 Å². The van der Waals surface area contributed by atoms with Crippen LogP contribution < -0.4 is 4.74 Å². The molecule has 3 rings (SSSR count). The van der Waals surface area contributed by atoms with Crippen LogP contribution in [0.2, 0.25) is 0 Å². The van der Waals surface area contributed by atoms with Gasteiger partial charge in [-0.3, -0.25) is 4.79 Å². The Morgan fingerprint density at radius 1 is 1.43 bits per heavy atom. The SMILES string of the molecule is CCOCc1nnc2n1CCN(C(=O)c1cc(OC)no1)[C@H]2C. The number of methoxy groups -OCH3 is 1. The summed E-state index contributed by atoms with van der Waals surface area (Å²) in [7, 11) is 1.47. The van der Waals surface area contributed by atoms with Crippen LogP contribution in [0, 0.1) is 0 Å². The fraction of sp³-hybridized carbons (Fsp3) is 0.571. The summed E-state index contributed by atoms with van der Waals surface area (Å²) in [4.78, 5) is 14.3. The molecule has 0 spiro atoms. The Balaban J connectivity index is 1.79. The smallest absolute Gasteiger partial charge is 0.293 e. The Morgan fingerprint density at radius 3 is 2.96 bits per heavy atom. The lowest BCUT2D eigenvalue weighted by Crippen LogP contribution is -2.41. The Kier molecular flexibility index (Phi) is 4.28. The maximum absolute atomic E-state index is 12.6. The quantitative estimate of drug-likeness (QED) is 0.811. The minimum absolute atomic E-state index is 0.149.